The Morgan fingerprint density at radius 2 is 1.85 bits per heavy atom. The topological polar surface area (TPSA) is 12.5 Å². The molecular formula is C6H14BF3KNO. The summed E-state index contributed by atoms with van der Waals surface area (Å²) in [5.41, 5.74) is 0. The van der Waals surface area contributed by atoms with Crippen molar-refractivity contribution in [2.75, 3.05) is 33.3 Å². The van der Waals surface area contributed by atoms with Crippen LogP contribution in [-0.2, 0) is 4.74 Å². The molecule has 0 radical (unpaired) electrons. The van der Waals surface area contributed by atoms with Crippen LogP contribution in [0.25, 0.3) is 0 Å². The van der Waals surface area contributed by atoms with Crippen molar-refractivity contribution >= 4 is 6.98 Å². The van der Waals surface area contributed by atoms with E-state index in [1.165, 1.54) is 12.0 Å². The van der Waals surface area contributed by atoms with Gasteiger partial charge in [-0.05, 0) is 13.0 Å². The second kappa shape index (κ2) is 8.70. The van der Waals surface area contributed by atoms with E-state index in [0.717, 1.165) is 0 Å². The molecule has 0 aliphatic carbocycles. The predicted octanol–water partition coefficient (Wildman–Crippen LogP) is -1.65. The molecule has 0 heterocycles. The van der Waals surface area contributed by atoms with Crippen molar-refractivity contribution in [3.8, 4) is 0 Å². The minimum atomic E-state index is -4.70. The Labute approximate surface area is 120 Å². The van der Waals surface area contributed by atoms with Gasteiger partial charge in [0.1, 0.15) is 0 Å². The fraction of sp³-hybridized carbons (Fsp3) is 1.00. The summed E-state index contributed by atoms with van der Waals surface area (Å²) in [7, 11) is 1.48. The van der Waals surface area contributed by atoms with Gasteiger partial charge in [0.2, 0.25) is 0 Å². The van der Waals surface area contributed by atoms with E-state index in [1.54, 1.807) is 6.92 Å². The normalized spacial score (nSPS) is 11.5. The van der Waals surface area contributed by atoms with Gasteiger partial charge in [-0.15, -0.1) is 0 Å². The van der Waals surface area contributed by atoms with Crippen LogP contribution in [0.3, 0.4) is 0 Å². The van der Waals surface area contributed by atoms with Crippen molar-refractivity contribution in [3.63, 3.8) is 0 Å². The summed E-state index contributed by atoms with van der Waals surface area (Å²) in [5.74, 6) is 0. The molecule has 0 aliphatic heterocycles. The van der Waals surface area contributed by atoms with Gasteiger partial charge >= 0.3 is 58.4 Å². The molecule has 0 spiro atoms. The van der Waals surface area contributed by atoms with Gasteiger partial charge in [0.05, 0.1) is 6.61 Å². The number of rotatable bonds is 6. The third-order valence-corrected chi connectivity index (χ3v) is 1.52. The van der Waals surface area contributed by atoms with Crippen LogP contribution < -0.4 is 51.4 Å². The molecule has 0 saturated carbocycles. The van der Waals surface area contributed by atoms with Gasteiger partial charge in [-0.3, -0.25) is 0 Å². The zero-order valence-corrected chi connectivity index (χ0v) is 11.5. The SMILES string of the molecule is CCN(CCOC)C[B-](F)(F)F.[K+]. The van der Waals surface area contributed by atoms with E-state index in [-0.39, 0.29) is 51.4 Å². The molecule has 0 aromatic rings. The first-order valence-corrected chi connectivity index (χ1v) is 3.92. The van der Waals surface area contributed by atoms with E-state index in [4.69, 9.17) is 0 Å². The van der Waals surface area contributed by atoms with Gasteiger partial charge in [0, 0.05) is 13.7 Å². The summed E-state index contributed by atoms with van der Waals surface area (Å²) in [5, 5.41) is 0. The molecule has 0 rings (SSSR count). The summed E-state index contributed by atoms with van der Waals surface area (Å²) >= 11 is 0. The summed E-state index contributed by atoms with van der Waals surface area (Å²) in [6, 6.07) is 0. The number of hydrogen-bond acceptors (Lipinski definition) is 2. The average molecular weight is 223 g/mol. The summed E-state index contributed by atoms with van der Waals surface area (Å²) in [4.78, 5) is 1.32. The quantitative estimate of drug-likeness (QED) is 0.500. The number of halogens is 3. The molecule has 0 atom stereocenters. The molecule has 0 saturated heterocycles. The van der Waals surface area contributed by atoms with Crippen molar-refractivity contribution in [3.05, 3.63) is 0 Å². The summed E-state index contributed by atoms with van der Waals surface area (Å²) < 4.78 is 40.4. The Morgan fingerprint density at radius 1 is 1.31 bits per heavy atom. The predicted molar refractivity (Wildman–Crippen MR) is 43.1 cm³/mol. The van der Waals surface area contributed by atoms with E-state index < -0.39 is 13.4 Å². The van der Waals surface area contributed by atoms with E-state index in [9.17, 15) is 12.9 Å². The Balaban J connectivity index is 0. The summed E-state index contributed by atoms with van der Waals surface area (Å²) in [6.45, 7) is -1.90. The molecule has 0 bridgehead atoms. The molecule has 0 N–H and O–H groups in total. The van der Waals surface area contributed by atoms with Crippen molar-refractivity contribution in [2.45, 2.75) is 6.92 Å². The van der Waals surface area contributed by atoms with Gasteiger partial charge in [-0.2, -0.15) is 0 Å². The minimum Gasteiger partial charge on any atom is -0.448 e. The van der Waals surface area contributed by atoms with Crippen LogP contribution >= 0.6 is 0 Å². The molecule has 7 heteroatoms. The van der Waals surface area contributed by atoms with E-state index in [0.29, 0.717) is 19.7 Å². The van der Waals surface area contributed by atoms with Crippen LogP contribution in [0.1, 0.15) is 6.92 Å². The molecule has 0 aromatic carbocycles. The van der Waals surface area contributed by atoms with Crippen LogP contribution in [0, 0.1) is 0 Å². The Bertz CT molecular complexity index is 125. The molecule has 74 valence electrons. The summed E-state index contributed by atoms with van der Waals surface area (Å²) in [6.07, 6.45) is -0.792. The smallest absolute Gasteiger partial charge is 0.448 e. The first-order valence-electron chi connectivity index (χ1n) is 3.92. The maximum Gasteiger partial charge on any atom is 1.00 e. The van der Waals surface area contributed by atoms with E-state index in [2.05, 4.69) is 4.74 Å². The zero-order valence-electron chi connectivity index (χ0n) is 8.40. The van der Waals surface area contributed by atoms with Crippen molar-refractivity contribution in [1.82, 2.24) is 4.90 Å². The van der Waals surface area contributed by atoms with E-state index >= 15 is 0 Å². The maximum atomic E-state index is 11.9. The standard InChI is InChI=1S/C6H14BF3NO.K/c1-3-11(4-5-12-2)6-7(8,9)10;/h3-6H2,1-2H3;/q-1;+1. The number of nitrogens with zero attached hydrogens (tertiary/aromatic N) is 1. The van der Waals surface area contributed by atoms with Crippen LogP contribution in [0.15, 0.2) is 0 Å². The molecule has 13 heavy (non-hydrogen) atoms. The van der Waals surface area contributed by atoms with Crippen LogP contribution in [0.5, 0.6) is 0 Å². The molecule has 0 fully saturated rings. The Morgan fingerprint density at radius 3 is 2.15 bits per heavy atom. The maximum absolute atomic E-state index is 11.9. The number of ether oxygens (including phenoxy) is 1. The third-order valence-electron chi connectivity index (χ3n) is 1.52. The van der Waals surface area contributed by atoms with Gasteiger partial charge in [0.15, 0.2) is 0 Å². The largest absolute Gasteiger partial charge is 1.00 e. The van der Waals surface area contributed by atoms with Gasteiger partial charge < -0.3 is 22.6 Å². The number of likely N-dealkylation sites (N-methyl/N-ethyl adjacent to an activating group) is 1. The van der Waals surface area contributed by atoms with Gasteiger partial charge in [0.25, 0.3) is 0 Å². The second-order valence-electron chi connectivity index (χ2n) is 2.60. The van der Waals surface area contributed by atoms with Crippen molar-refractivity contribution in [2.24, 2.45) is 0 Å². The molecule has 0 aromatic heterocycles. The first kappa shape index (κ1) is 16.8. The second-order valence-corrected chi connectivity index (χ2v) is 2.60. The van der Waals surface area contributed by atoms with Crippen LogP contribution in [0.2, 0.25) is 0 Å². The van der Waals surface area contributed by atoms with Gasteiger partial charge in [-0.25, -0.2) is 0 Å². The van der Waals surface area contributed by atoms with Crippen LogP contribution in [-0.4, -0.2) is 45.1 Å². The third kappa shape index (κ3) is 11.3. The monoisotopic (exact) mass is 223 g/mol. The molecule has 2 nitrogen and oxygen atoms in total. The van der Waals surface area contributed by atoms with Crippen LogP contribution in [0.4, 0.5) is 12.9 Å². The molecule has 0 aliphatic rings. The Kier molecular flexibility index (Phi) is 11.3. The number of methoxy groups -OCH3 is 1. The number of hydrogen-bond donors (Lipinski definition) is 0. The van der Waals surface area contributed by atoms with Crippen molar-refractivity contribution in [1.29, 1.82) is 0 Å². The van der Waals surface area contributed by atoms with E-state index in [1.807, 2.05) is 0 Å². The molecular weight excluding hydrogens is 209 g/mol. The van der Waals surface area contributed by atoms with Gasteiger partial charge in [-0.1, -0.05) is 6.92 Å². The Hall–Kier alpha value is 1.41. The fourth-order valence-electron chi connectivity index (χ4n) is 0.892. The first-order chi connectivity index (χ1) is 5.49. The zero-order chi connectivity index (χ0) is 9.61. The minimum absolute atomic E-state index is 0. The fourth-order valence-corrected chi connectivity index (χ4v) is 0.892. The molecule has 0 amide bonds. The average Bonchev–Trinajstić information content (AvgIpc) is 1.95. The van der Waals surface area contributed by atoms with Crippen molar-refractivity contribution < 1.29 is 69.1 Å². The molecule has 0 unspecified atom stereocenters.